The highest BCUT2D eigenvalue weighted by molar-refractivity contribution is 9.09. The lowest BCUT2D eigenvalue weighted by Gasteiger charge is -2.16. The van der Waals surface area contributed by atoms with Gasteiger partial charge in [-0.15, -0.1) is 0 Å². The van der Waals surface area contributed by atoms with Gasteiger partial charge in [-0.1, -0.05) is 15.9 Å². The zero-order valence-electron chi connectivity index (χ0n) is 3.86. The first-order valence-electron chi connectivity index (χ1n) is 2.22. The van der Waals surface area contributed by atoms with E-state index in [-0.39, 0.29) is 4.95 Å². The van der Waals surface area contributed by atoms with E-state index >= 15 is 0 Å². The van der Waals surface area contributed by atoms with E-state index in [0.29, 0.717) is 0 Å². The molecule has 41 valence electrons. The van der Waals surface area contributed by atoms with E-state index in [1.807, 2.05) is 0 Å². The minimum absolute atomic E-state index is 0.251. The Balaban J connectivity index is 2.12. The zero-order valence-corrected chi connectivity index (χ0v) is 5.44. The van der Waals surface area contributed by atoms with Crippen LogP contribution >= 0.6 is 15.9 Å². The molecule has 1 N–H and O–H groups in total. The van der Waals surface area contributed by atoms with Crippen LogP contribution in [0.5, 0.6) is 0 Å². The number of hydrogen-bond donors (Lipinski definition) is 1. The number of alkyl halides is 1. The van der Waals surface area contributed by atoms with E-state index in [1.54, 1.807) is 6.61 Å². The van der Waals surface area contributed by atoms with Gasteiger partial charge in [-0.3, -0.25) is 0 Å². The van der Waals surface area contributed by atoms with Crippen LogP contribution in [-0.4, -0.2) is 18.1 Å². The predicted octanol–water partition coefficient (Wildman–Crippen LogP) is 0.489. The van der Waals surface area contributed by atoms with Crippen molar-refractivity contribution >= 4 is 15.9 Å². The molecule has 1 heterocycles. The maximum Gasteiger partial charge on any atom is 0.111 e. The largest absolute Gasteiger partial charge is 0.372 e. The van der Waals surface area contributed by atoms with Crippen molar-refractivity contribution < 1.29 is 4.74 Å². The highest BCUT2D eigenvalue weighted by atomic mass is 79.9. The fraction of sp³-hybridized carbons (Fsp3) is 0.750. The number of nitrogens with one attached hydrogen (secondary N) is 1. The molecule has 1 atom stereocenters. The third-order valence-corrected chi connectivity index (χ3v) is 1.31. The Hall–Kier alpha value is 0.400. The Bertz CT molecular complexity index is 53.7. The van der Waals surface area contributed by atoms with Gasteiger partial charge in [0, 0.05) is 6.54 Å². The summed E-state index contributed by atoms with van der Waals surface area (Å²) in [4.78, 5) is 0.251. The number of hydrogen-bond acceptors (Lipinski definition) is 2. The molecular formula is C4H7BrNO. The second kappa shape index (κ2) is 2.64. The maximum absolute atomic E-state index is 4.95. The summed E-state index contributed by atoms with van der Waals surface area (Å²) in [5, 5.41) is 3.12. The van der Waals surface area contributed by atoms with Gasteiger partial charge in [0.15, 0.2) is 0 Å². The van der Waals surface area contributed by atoms with Crippen LogP contribution in [0.2, 0.25) is 0 Å². The number of ether oxygens (including phenoxy) is 1. The highest BCUT2D eigenvalue weighted by Gasteiger charge is 2.07. The molecule has 1 fully saturated rings. The molecule has 1 aliphatic rings. The molecule has 0 aliphatic carbocycles. The molecule has 1 radical (unpaired) electrons. The van der Waals surface area contributed by atoms with Crippen molar-refractivity contribution in [2.75, 3.05) is 13.2 Å². The molecule has 0 bridgehead atoms. The van der Waals surface area contributed by atoms with Crippen molar-refractivity contribution in [1.29, 1.82) is 0 Å². The standard InChI is InChI=1S/C4H7BrNO/c5-4-3-7-2-1-6-4/h3-4,6H,1-2H2. The van der Waals surface area contributed by atoms with E-state index in [1.165, 1.54) is 0 Å². The van der Waals surface area contributed by atoms with Crippen molar-refractivity contribution in [3.63, 3.8) is 0 Å². The maximum atomic E-state index is 4.95. The Morgan fingerprint density at radius 3 is 3.00 bits per heavy atom. The van der Waals surface area contributed by atoms with Crippen molar-refractivity contribution in [3.8, 4) is 0 Å². The van der Waals surface area contributed by atoms with Crippen LogP contribution in [-0.2, 0) is 4.74 Å². The fourth-order valence-electron chi connectivity index (χ4n) is 0.456. The second-order valence-electron chi connectivity index (χ2n) is 1.36. The van der Waals surface area contributed by atoms with Gasteiger partial charge in [0.05, 0.1) is 11.6 Å². The van der Waals surface area contributed by atoms with Crippen molar-refractivity contribution in [3.05, 3.63) is 6.61 Å². The monoisotopic (exact) mass is 164 g/mol. The molecule has 0 amide bonds. The Morgan fingerprint density at radius 2 is 2.71 bits per heavy atom. The van der Waals surface area contributed by atoms with Crippen molar-refractivity contribution in [1.82, 2.24) is 5.32 Å². The lowest BCUT2D eigenvalue weighted by atomic mass is 10.5. The average molecular weight is 165 g/mol. The summed E-state index contributed by atoms with van der Waals surface area (Å²) >= 11 is 3.30. The number of rotatable bonds is 0. The molecule has 0 aromatic heterocycles. The summed E-state index contributed by atoms with van der Waals surface area (Å²) in [5.41, 5.74) is 0. The molecular weight excluding hydrogens is 158 g/mol. The van der Waals surface area contributed by atoms with E-state index in [0.717, 1.165) is 13.2 Å². The van der Waals surface area contributed by atoms with Gasteiger partial charge in [0.25, 0.3) is 0 Å². The molecule has 1 saturated heterocycles. The SMILES string of the molecule is BrC1[CH]OCCN1. The molecule has 1 aliphatic heterocycles. The number of halogens is 1. The van der Waals surface area contributed by atoms with Gasteiger partial charge in [0.2, 0.25) is 0 Å². The summed E-state index contributed by atoms with van der Waals surface area (Å²) in [6, 6.07) is 0. The van der Waals surface area contributed by atoms with E-state index in [4.69, 9.17) is 4.74 Å². The number of morpholine rings is 1. The molecule has 2 nitrogen and oxygen atoms in total. The first kappa shape index (κ1) is 5.54. The minimum Gasteiger partial charge on any atom is -0.372 e. The van der Waals surface area contributed by atoms with Gasteiger partial charge < -0.3 is 10.1 Å². The van der Waals surface area contributed by atoms with Gasteiger partial charge >= 0.3 is 0 Å². The topological polar surface area (TPSA) is 21.3 Å². The molecule has 0 saturated carbocycles. The third kappa shape index (κ3) is 1.76. The van der Waals surface area contributed by atoms with Gasteiger partial charge in [-0.2, -0.15) is 0 Å². The normalized spacial score (nSPS) is 33.0. The minimum atomic E-state index is 0.251. The molecule has 0 spiro atoms. The summed E-state index contributed by atoms with van der Waals surface area (Å²) < 4.78 is 4.95. The van der Waals surface area contributed by atoms with Crippen LogP contribution in [0.4, 0.5) is 0 Å². The first-order chi connectivity index (χ1) is 3.39. The van der Waals surface area contributed by atoms with Crippen LogP contribution in [0.15, 0.2) is 0 Å². The third-order valence-electron chi connectivity index (χ3n) is 0.775. The van der Waals surface area contributed by atoms with Crippen molar-refractivity contribution in [2.24, 2.45) is 0 Å². The van der Waals surface area contributed by atoms with Crippen molar-refractivity contribution in [2.45, 2.75) is 4.95 Å². The average Bonchev–Trinajstić information content (AvgIpc) is 1.69. The Labute approximate surface area is 51.4 Å². The lowest BCUT2D eigenvalue weighted by Crippen LogP contribution is -2.33. The molecule has 3 heteroatoms. The van der Waals surface area contributed by atoms with E-state index < -0.39 is 0 Å². The quantitative estimate of drug-likeness (QED) is 0.416. The van der Waals surface area contributed by atoms with Crippen LogP contribution in [0.3, 0.4) is 0 Å². The highest BCUT2D eigenvalue weighted by Crippen LogP contribution is 2.03. The van der Waals surface area contributed by atoms with Crippen LogP contribution in [0.25, 0.3) is 0 Å². The Morgan fingerprint density at radius 1 is 1.86 bits per heavy atom. The fourth-order valence-corrected chi connectivity index (χ4v) is 0.838. The van der Waals surface area contributed by atoms with Gasteiger partial charge in [-0.25, -0.2) is 0 Å². The summed E-state index contributed by atoms with van der Waals surface area (Å²) in [5.74, 6) is 0. The summed E-state index contributed by atoms with van der Waals surface area (Å²) in [7, 11) is 0. The zero-order chi connectivity index (χ0) is 5.11. The molecule has 1 rings (SSSR count). The van der Waals surface area contributed by atoms with E-state index in [9.17, 15) is 0 Å². The molecule has 1 unspecified atom stereocenters. The smallest absolute Gasteiger partial charge is 0.111 e. The second-order valence-corrected chi connectivity index (χ2v) is 2.35. The van der Waals surface area contributed by atoms with Gasteiger partial charge in [0.1, 0.15) is 6.61 Å². The molecule has 0 aromatic rings. The van der Waals surface area contributed by atoms with Crippen LogP contribution in [0.1, 0.15) is 0 Å². The predicted molar refractivity (Wildman–Crippen MR) is 31.0 cm³/mol. The molecule has 7 heavy (non-hydrogen) atoms. The lowest BCUT2D eigenvalue weighted by molar-refractivity contribution is 0.161. The van der Waals surface area contributed by atoms with Crippen LogP contribution in [0, 0.1) is 6.61 Å². The first-order valence-corrected chi connectivity index (χ1v) is 3.13. The van der Waals surface area contributed by atoms with E-state index in [2.05, 4.69) is 21.2 Å². The van der Waals surface area contributed by atoms with Gasteiger partial charge in [-0.05, 0) is 0 Å². The van der Waals surface area contributed by atoms with Crippen LogP contribution < -0.4 is 5.32 Å². The summed E-state index contributed by atoms with van der Waals surface area (Å²) in [6.07, 6.45) is 0. The Kier molecular flexibility index (Phi) is 2.09. The summed E-state index contributed by atoms with van der Waals surface area (Å²) in [6.45, 7) is 3.47. The molecule has 0 aromatic carbocycles.